The van der Waals surface area contributed by atoms with Gasteiger partial charge in [0.1, 0.15) is 5.82 Å². The topological polar surface area (TPSA) is 26.0 Å². The zero-order chi connectivity index (χ0) is 12.4. The largest absolute Gasteiger partial charge is 0.320 e. The summed E-state index contributed by atoms with van der Waals surface area (Å²) in [5, 5.41) is 0. The molecule has 2 N–H and O–H groups in total. The van der Waals surface area contributed by atoms with Crippen molar-refractivity contribution in [2.45, 2.75) is 6.04 Å². The second kappa shape index (κ2) is 5.29. The molecule has 88 valence electrons. The van der Waals surface area contributed by atoms with E-state index in [1.54, 1.807) is 12.1 Å². The molecule has 0 aliphatic rings. The van der Waals surface area contributed by atoms with Crippen LogP contribution in [0.4, 0.5) is 4.39 Å². The number of benzene rings is 2. The van der Waals surface area contributed by atoms with Crippen LogP contribution in [0, 0.1) is 5.82 Å². The van der Waals surface area contributed by atoms with E-state index in [-0.39, 0.29) is 5.82 Å². The van der Waals surface area contributed by atoms with Gasteiger partial charge < -0.3 is 5.73 Å². The highest BCUT2D eigenvalue weighted by atomic mass is 79.9. The molecule has 0 aromatic heterocycles. The van der Waals surface area contributed by atoms with Gasteiger partial charge in [-0.05, 0) is 29.8 Å². The molecule has 0 aliphatic carbocycles. The average Bonchev–Trinajstić information content (AvgIpc) is 2.29. The summed E-state index contributed by atoms with van der Waals surface area (Å²) in [7, 11) is 0. The summed E-state index contributed by atoms with van der Waals surface area (Å²) in [6.07, 6.45) is 0. The van der Waals surface area contributed by atoms with Crippen LogP contribution in [0.5, 0.6) is 0 Å². The van der Waals surface area contributed by atoms with Crippen LogP contribution < -0.4 is 5.73 Å². The molecule has 0 saturated heterocycles. The Bertz CT molecular complexity index is 505. The lowest BCUT2D eigenvalue weighted by molar-refractivity contribution is 0.598. The summed E-state index contributed by atoms with van der Waals surface area (Å²) in [4.78, 5) is 0. The molecule has 4 heteroatoms. The van der Waals surface area contributed by atoms with Crippen LogP contribution in [-0.2, 0) is 0 Å². The van der Waals surface area contributed by atoms with Gasteiger partial charge in [0.25, 0.3) is 0 Å². The van der Waals surface area contributed by atoms with E-state index in [0.717, 1.165) is 10.0 Å². The van der Waals surface area contributed by atoms with E-state index in [4.69, 9.17) is 5.73 Å². The van der Waals surface area contributed by atoms with E-state index in [1.165, 1.54) is 6.07 Å². The van der Waals surface area contributed by atoms with E-state index < -0.39 is 6.04 Å². The molecule has 0 fully saturated rings. The SMILES string of the molecule is NC(c1ccc(Br)cc1)c1c(F)cccc1Br. The molecule has 1 unspecified atom stereocenters. The minimum absolute atomic E-state index is 0.296. The van der Waals surface area contributed by atoms with Crippen LogP contribution in [0.15, 0.2) is 51.4 Å². The molecule has 1 nitrogen and oxygen atoms in total. The third kappa shape index (κ3) is 2.76. The minimum Gasteiger partial charge on any atom is -0.320 e. The lowest BCUT2D eigenvalue weighted by Crippen LogP contribution is -2.14. The Morgan fingerprint density at radius 3 is 2.24 bits per heavy atom. The fourth-order valence-electron chi connectivity index (χ4n) is 1.64. The summed E-state index contributed by atoms with van der Waals surface area (Å²) >= 11 is 6.69. The Morgan fingerprint density at radius 1 is 1.00 bits per heavy atom. The van der Waals surface area contributed by atoms with Crippen LogP contribution in [-0.4, -0.2) is 0 Å². The van der Waals surface area contributed by atoms with E-state index in [1.807, 2.05) is 24.3 Å². The summed E-state index contributed by atoms with van der Waals surface area (Å²) in [6.45, 7) is 0. The minimum atomic E-state index is -0.473. The van der Waals surface area contributed by atoms with Crippen molar-refractivity contribution in [3.05, 3.63) is 68.4 Å². The van der Waals surface area contributed by atoms with Gasteiger partial charge >= 0.3 is 0 Å². The fourth-order valence-corrected chi connectivity index (χ4v) is 2.50. The first-order chi connectivity index (χ1) is 8.09. The summed E-state index contributed by atoms with van der Waals surface area (Å²) in [5.41, 5.74) is 7.44. The molecule has 0 radical (unpaired) electrons. The Kier molecular flexibility index (Phi) is 3.97. The van der Waals surface area contributed by atoms with E-state index in [2.05, 4.69) is 31.9 Å². The fraction of sp³-hybridized carbons (Fsp3) is 0.0769. The van der Waals surface area contributed by atoms with Gasteiger partial charge in [0, 0.05) is 14.5 Å². The highest BCUT2D eigenvalue weighted by Crippen LogP contribution is 2.29. The molecular formula is C13H10Br2FN. The third-order valence-corrected chi connectivity index (χ3v) is 3.76. The second-order valence-corrected chi connectivity index (χ2v) is 5.43. The molecule has 0 amide bonds. The molecule has 0 aliphatic heterocycles. The van der Waals surface area contributed by atoms with Gasteiger partial charge in [-0.3, -0.25) is 0 Å². The van der Waals surface area contributed by atoms with Gasteiger partial charge in [0.15, 0.2) is 0 Å². The first kappa shape index (κ1) is 12.7. The van der Waals surface area contributed by atoms with Crippen molar-refractivity contribution in [2.24, 2.45) is 5.73 Å². The Balaban J connectivity index is 2.43. The number of hydrogen-bond acceptors (Lipinski definition) is 1. The van der Waals surface area contributed by atoms with Gasteiger partial charge in [-0.25, -0.2) is 4.39 Å². The number of rotatable bonds is 2. The summed E-state index contributed by atoms with van der Waals surface area (Å²) in [6, 6.07) is 11.9. The monoisotopic (exact) mass is 357 g/mol. The van der Waals surface area contributed by atoms with Gasteiger partial charge in [0.05, 0.1) is 6.04 Å². The molecule has 1 atom stereocenters. The third-order valence-electron chi connectivity index (χ3n) is 2.54. The number of nitrogens with two attached hydrogens (primary N) is 1. The molecule has 2 rings (SSSR count). The van der Waals surface area contributed by atoms with Crippen molar-refractivity contribution in [1.82, 2.24) is 0 Å². The predicted molar refractivity (Wildman–Crippen MR) is 74.3 cm³/mol. The van der Waals surface area contributed by atoms with Crippen molar-refractivity contribution in [3.8, 4) is 0 Å². The molecule has 2 aromatic rings. The molecule has 17 heavy (non-hydrogen) atoms. The number of hydrogen-bond donors (Lipinski definition) is 1. The first-order valence-electron chi connectivity index (χ1n) is 5.04. The Labute approximate surface area is 116 Å². The highest BCUT2D eigenvalue weighted by molar-refractivity contribution is 9.10. The lowest BCUT2D eigenvalue weighted by atomic mass is 9.99. The van der Waals surface area contributed by atoms with Gasteiger partial charge in [-0.1, -0.05) is 50.1 Å². The van der Waals surface area contributed by atoms with E-state index >= 15 is 0 Å². The smallest absolute Gasteiger partial charge is 0.129 e. The molecule has 0 heterocycles. The normalized spacial score (nSPS) is 12.5. The average molecular weight is 359 g/mol. The molecule has 0 bridgehead atoms. The Morgan fingerprint density at radius 2 is 1.65 bits per heavy atom. The van der Waals surface area contributed by atoms with Crippen molar-refractivity contribution in [3.63, 3.8) is 0 Å². The molecule has 2 aromatic carbocycles. The van der Waals surface area contributed by atoms with Gasteiger partial charge in [-0.2, -0.15) is 0 Å². The molecule has 0 saturated carbocycles. The summed E-state index contributed by atoms with van der Waals surface area (Å²) in [5.74, 6) is -0.296. The van der Waals surface area contributed by atoms with Gasteiger partial charge in [0.2, 0.25) is 0 Å². The van der Waals surface area contributed by atoms with Crippen LogP contribution in [0.2, 0.25) is 0 Å². The van der Waals surface area contributed by atoms with Gasteiger partial charge in [-0.15, -0.1) is 0 Å². The first-order valence-corrected chi connectivity index (χ1v) is 6.63. The van der Waals surface area contributed by atoms with Crippen LogP contribution >= 0.6 is 31.9 Å². The predicted octanol–water partition coefficient (Wildman–Crippen LogP) is 4.40. The standard InChI is InChI=1S/C13H10Br2FN/c14-9-6-4-8(5-7-9)13(17)12-10(15)2-1-3-11(12)16/h1-7,13H,17H2. The zero-order valence-corrected chi connectivity index (χ0v) is 12.0. The van der Waals surface area contributed by atoms with E-state index in [9.17, 15) is 4.39 Å². The van der Waals surface area contributed by atoms with Crippen LogP contribution in [0.25, 0.3) is 0 Å². The number of halogens is 3. The Hall–Kier alpha value is -0.710. The van der Waals surface area contributed by atoms with Crippen LogP contribution in [0.1, 0.15) is 17.2 Å². The zero-order valence-electron chi connectivity index (χ0n) is 8.83. The highest BCUT2D eigenvalue weighted by Gasteiger charge is 2.16. The quantitative estimate of drug-likeness (QED) is 0.845. The van der Waals surface area contributed by atoms with Crippen molar-refractivity contribution < 1.29 is 4.39 Å². The maximum absolute atomic E-state index is 13.7. The van der Waals surface area contributed by atoms with Crippen molar-refractivity contribution in [1.29, 1.82) is 0 Å². The maximum atomic E-state index is 13.7. The van der Waals surface area contributed by atoms with Crippen molar-refractivity contribution in [2.75, 3.05) is 0 Å². The van der Waals surface area contributed by atoms with Crippen LogP contribution in [0.3, 0.4) is 0 Å². The maximum Gasteiger partial charge on any atom is 0.129 e. The molecular weight excluding hydrogens is 349 g/mol. The summed E-state index contributed by atoms with van der Waals surface area (Å²) < 4.78 is 15.4. The van der Waals surface area contributed by atoms with Crippen molar-refractivity contribution >= 4 is 31.9 Å². The lowest BCUT2D eigenvalue weighted by Gasteiger charge is -2.15. The second-order valence-electron chi connectivity index (χ2n) is 3.66. The van der Waals surface area contributed by atoms with E-state index in [0.29, 0.717) is 10.0 Å². The molecule has 0 spiro atoms.